The molecule has 2 rings (SSSR count). The predicted molar refractivity (Wildman–Crippen MR) is 115 cm³/mol. The Morgan fingerprint density at radius 1 is 1.07 bits per heavy atom. The number of halogens is 2. The number of carbonyl (C=O) groups excluding carboxylic acids is 1. The quantitative estimate of drug-likeness (QED) is 0.197. The van der Waals surface area contributed by atoms with Gasteiger partial charge in [-0.2, -0.15) is 0 Å². The fourth-order valence-electron chi connectivity index (χ4n) is 2.19. The molecule has 2 aromatic carbocycles. The van der Waals surface area contributed by atoms with E-state index in [0.717, 1.165) is 27.5 Å². The van der Waals surface area contributed by atoms with Crippen LogP contribution in [0, 0.1) is 6.92 Å². The largest absolute Gasteiger partial charge is 0.490 e. The molecule has 28 heavy (non-hydrogen) atoms. The van der Waals surface area contributed by atoms with Crippen LogP contribution in [0.5, 0.6) is 11.5 Å². The van der Waals surface area contributed by atoms with Gasteiger partial charge in [-0.3, -0.25) is 4.79 Å². The van der Waals surface area contributed by atoms with Crippen molar-refractivity contribution in [1.29, 1.82) is 0 Å². The Bertz CT molecular complexity index is 839. The van der Waals surface area contributed by atoms with Gasteiger partial charge in [0, 0.05) is 23.6 Å². The van der Waals surface area contributed by atoms with Crippen LogP contribution in [0.25, 0.3) is 0 Å². The molecule has 4 nitrogen and oxygen atoms in total. The highest BCUT2D eigenvalue weighted by molar-refractivity contribution is 7.99. The Morgan fingerprint density at radius 2 is 1.86 bits per heavy atom. The van der Waals surface area contributed by atoms with E-state index in [4.69, 9.17) is 37.4 Å². The van der Waals surface area contributed by atoms with Gasteiger partial charge in [0.15, 0.2) is 0 Å². The van der Waals surface area contributed by atoms with Crippen molar-refractivity contribution in [3.8, 4) is 11.5 Å². The smallest absolute Gasteiger partial charge is 0.302 e. The normalized spacial score (nSPS) is 10.4. The van der Waals surface area contributed by atoms with Crippen LogP contribution in [0.4, 0.5) is 0 Å². The first-order valence-corrected chi connectivity index (χ1v) is 10.3. The third kappa shape index (κ3) is 7.66. The van der Waals surface area contributed by atoms with E-state index >= 15 is 0 Å². The minimum absolute atomic E-state index is 0.240. The van der Waals surface area contributed by atoms with Crippen molar-refractivity contribution in [3.05, 3.63) is 64.2 Å². The zero-order chi connectivity index (χ0) is 20.5. The summed E-state index contributed by atoms with van der Waals surface area (Å²) >= 11 is 13.5. The Hall–Kier alpha value is -1.82. The molecule has 0 N–H and O–H groups in total. The van der Waals surface area contributed by atoms with Gasteiger partial charge in [-0.25, -0.2) is 0 Å². The number of esters is 1. The summed E-state index contributed by atoms with van der Waals surface area (Å²) in [6, 6.07) is 11.1. The lowest BCUT2D eigenvalue weighted by Crippen LogP contribution is -2.10. The SMILES string of the molecule is C=C(COc1ccc(Cl)c(Cl)c1)CSc1ccc(OCCOC(C)=O)c(C)c1. The number of hydrogen-bond donors (Lipinski definition) is 0. The van der Waals surface area contributed by atoms with Gasteiger partial charge in [0.1, 0.15) is 31.3 Å². The summed E-state index contributed by atoms with van der Waals surface area (Å²) in [6.07, 6.45) is 0. The van der Waals surface area contributed by atoms with Gasteiger partial charge in [0.05, 0.1) is 10.0 Å². The van der Waals surface area contributed by atoms with E-state index in [2.05, 4.69) is 12.6 Å². The zero-order valence-corrected chi connectivity index (χ0v) is 18.1. The van der Waals surface area contributed by atoms with Gasteiger partial charge in [-0.05, 0) is 48.4 Å². The molecule has 0 amide bonds. The zero-order valence-electron chi connectivity index (χ0n) is 15.8. The summed E-state index contributed by atoms with van der Waals surface area (Å²) in [5, 5.41) is 0.961. The maximum absolute atomic E-state index is 10.7. The predicted octanol–water partition coefficient (Wildman–Crippen LogP) is 5.97. The van der Waals surface area contributed by atoms with Crippen LogP contribution in [0.2, 0.25) is 10.0 Å². The van der Waals surface area contributed by atoms with Gasteiger partial charge >= 0.3 is 5.97 Å². The Kier molecular flexibility index (Phi) is 9.03. The van der Waals surface area contributed by atoms with E-state index in [1.165, 1.54) is 6.92 Å². The molecule has 2 aromatic rings. The number of aryl methyl sites for hydroxylation is 1. The van der Waals surface area contributed by atoms with Crippen molar-refractivity contribution in [2.24, 2.45) is 0 Å². The molecule has 0 aliphatic carbocycles. The summed E-state index contributed by atoms with van der Waals surface area (Å²) in [5.74, 6) is 1.85. The standard InChI is InChI=1S/C21H22Cl2O4S/c1-14(12-27-17-4-6-19(22)20(23)11-17)13-28-18-5-7-21(15(2)10-18)26-9-8-25-16(3)24/h4-7,10-11H,1,8-9,12-13H2,2-3H3. The molecule has 0 saturated heterocycles. The van der Waals surface area contributed by atoms with Crippen LogP contribution in [-0.2, 0) is 9.53 Å². The molecule has 7 heteroatoms. The number of hydrogen-bond acceptors (Lipinski definition) is 5. The Balaban J connectivity index is 1.76. The van der Waals surface area contributed by atoms with Crippen LogP contribution in [-0.4, -0.2) is 31.5 Å². The number of thioether (sulfide) groups is 1. The molecular weight excluding hydrogens is 419 g/mol. The first kappa shape index (κ1) is 22.5. The lowest BCUT2D eigenvalue weighted by atomic mass is 10.2. The third-order valence-corrected chi connectivity index (χ3v) is 5.45. The maximum atomic E-state index is 10.7. The van der Waals surface area contributed by atoms with E-state index in [9.17, 15) is 4.79 Å². The molecule has 0 fully saturated rings. The highest BCUT2D eigenvalue weighted by Gasteiger charge is 2.05. The topological polar surface area (TPSA) is 44.8 Å². The summed E-state index contributed by atoms with van der Waals surface area (Å²) in [7, 11) is 0. The average molecular weight is 441 g/mol. The highest BCUT2D eigenvalue weighted by atomic mass is 35.5. The van der Waals surface area contributed by atoms with Gasteiger partial charge in [0.25, 0.3) is 0 Å². The minimum Gasteiger partial charge on any atom is -0.490 e. The van der Waals surface area contributed by atoms with E-state index in [1.54, 1.807) is 30.0 Å². The van der Waals surface area contributed by atoms with Crippen molar-refractivity contribution in [3.63, 3.8) is 0 Å². The molecule has 0 spiro atoms. The second-order valence-electron chi connectivity index (χ2n) is 6.02. The second-order valence-corrected chi connectivity index (χ2v) is 7.88. The molecule has 0 heterocycles. The van der Waals surface area contributed by atoms with Crippen LogP contribution < -0.4 is 9.47 Å². The molecule has 0 aromatic heterocycles. The van der Waals surface area contributed by atoms with E-state index in [-0.39, 0.29) is 12.6 Å². The maximum Gasteiger partial charge on any atom is 0.302 e. The number of benzene rings is 2. The highest BCUT2D eigenvalue weighted by Crippen LogP contribution is 2.28. The van der Waals surface area contributed by atoms with E-state index in [0.29, 0.717) is 29.0 Å². The molecule has 0 bridgehead atoms. The van der Waals surface area contributed by atoms with Crippen LogP contribution in [0.15, 0.2) is 53.4 Å². The van der Waals surface area contributed by atoms with E-state index in [1.807, 2.05) is 19.1 Å². The minimum atomic E-state index is -0.310. The first-order valence-electron chi connectivity index (χ1n) is 8.59. The van der Waals surface area contributed by atoms with Crippen LogP contribution >= 0.6 is 35.0 Å². The van der Waals surface area contributed by atoms with Gasteiger partial charge in [-0.15, -0.1) is 11.8 Å². The summed E-state index contributed by atoms with van der Waals surface area (Å²) in [5.41, 5.74) is 1.97. The summed E-state index contributed by atoms with van der Waals surface area (Å²) in [4.78, 5) is 11.9. The summed E-state index contributed by atoms with van der Waals surface area (Å²) < 4.78 is 16.2. The third-order valence-electron chi connectivity index (χ3n) is 3.57. The first-order chi connectivity index (χ1) is 13.3. The molecular formula is C21H22Cl2O4S. The molecule has 0 aliphatic rings. The lowest BCUT2D eigenvalue weighted by molar-refractivity contribution is -0.141. The molecule has 0 atom stereocenters. The van der Waals surface area contributed by atoms with E-state index < -0.39 is 0 Å². The van der Waals surface area contributed by atoms with Gasteiger partial charge < -0.3 is 14.2 Å². The molecule has 0 saturated carbocycles. The Labute approximate surface area is 179 Å². The number of carbonyl (C=O) groups is 1. The molecule has 0 unspecified atom stereocenters. The molecule has 0 aliphatic heterocycles. The van der Waals surface area contributed by atoms with Crippen molar-refractivity contribution in [1.82, 2.24) is 0 Å². The molecule has 150 valence electrons. The fraction of sp³-hybridized carbons (Fsp3) is 0.286. The average Bonchev–Trinajstić information content (AvgIpc) is 2.65. The lowest BCUT2D eigenvalue weighted by Gasteiger charge is -2.12. The fourth-order valence-corrected chi connectivity index (χ4v) is 3.36. The van der Waals surface area contributed by atoms with Gasteiger partial charge in [-0.1, -0.05) is 29.8 Å². The van der Waals surface area contributed by atoms with Crippen LogP contribution in [0.1, 0.15) is 12.5 Å². The monoisotopic (exact) mass is 440 g/mol. The Morgan fingerprint density at radius 3 is 2.54 bits per heavy atom. The van der Waals surface area contributed by atoms with Crippen molar-refractivity contribution in [2.75, 3.05) is 25.6 Å². The van der Waals surface area contributed by atoms with Crippen molar-refractivity contribution in [2.45, 2.75) is 18.7 Å². The molecule has 0 radical (unpaired) electrons. The summed E-state index contributed by atoms with van der Waals surface area (Å²) in [6.45, 7) is 8.39. The second kappa shape index (κ2) is 11.2. The van der Waals surface area contributed by atoms with Gasteiger partial charge in [0.2, 0.25) is 0 Å². The van der Waals surface area contributed by atoms with Crippen molar-refractivity contribution < 1.29 is 19.0 Å². The number of ether oxygens (including phenoxy) is 3. The number of rotatable bonds is 10. The van der Waals surface area contributed by atoms with Crippen molar-refractivity contribution >= 4 is 40.9 Å². The van der Waals surface area contributed by atoms with Crippen LogP contribution in [0.3, 0.4) is 0 Å².